The highest BCUT2D eigenvalue weighted by Crippen LogP contribution is 2.32. The van der Waals surface area contributed by atoms with Gasteiger partial charge in [0.2, 0.25) is 0 Å². The number of rotatable bonds is 2. The molecular weight excluding hydrogens is 242 g/mol. The van der Waals surface area contributed by atoms with E-state index in [0.29, 0.717) is 5.92 Å². The molecule has 102 valence electrons. The van der Waals surface area contributed by atoms with E-state index in [1.807, 2.05) is 0 Å². The number of aryl methyl sites for hydroxylation is 1. The van der Waals surface area contributed by atoms with E-state index in [-0.39, 0.29) is 0 Å². The van der Waals surface area contributed by atoms with Gasteiger partial charge < -0.3 is 4.90 Å². The van der Waals surface area contributed by atoms with Crippen molar-refractivity contribution in [1.29, 1.82) is 0 Å². The molecule has 1 atom stereocenters. The molecule has 0 radical (unpaired) electrons. The maximum atomic E-state index is 2.39. The van der Waals surface area contributed by atoms with Crippen LogP contribution < -0.4 is 0 Å². The van der Waals surface area contributed by atoms with Crippen molar-refractivity contribution in [3.05, 3.63) is 65.7 Å². The molecule has 2 aromatic carbocycles. The molecule has 1 nitrogen and oxygen atoms in total. The zero-order valence-corrected chi connectivity index (χ0v) is 12.4. The van der Waals surface area contributed by atoms with Gasteiger partial charge in [-0.1, -0.05) is 55.5 Å². The topological polar surface area (TPSA) is 3.24 Å². The van der Waals surface area contributed by atoms with Crippen molar-refractivity contribution in [1.82, 2.24) is 4.90 Å². The third-order valence-corrected chi connectivity index (χ3v) is 4.04. The molecule has 2 aromatic rings. The van der Waals surface area contributed by atoms with Crippen LogP contribution in [0.3, 0.4) is 0 Å². The first-order valence-electron chi connectivity index (χ1n) is 7.24. The second-order valence-corrected chi connectivity index (χ2v) is 5.81. The molecule has 3 rings (SSSR count). The van der Waals surface area contributed by atoms with Crippen molar-refractivity contribution in [2.45, 2.75) is 13.8 Å². The summed E-state index contributed by atoms with van der Waals surface area (Å²) in [5.74, 6) is 0.634. The normalized spacial score (nSPS) is 18.2. The maximum Gasteiger partial charge on any atom is 0.0403 e. The minimum absolute atomic E-state index is 0.634. The smallest absolute Gasteiger partial charge is 0.0403 e. The minimum Gasteiger partial charge on any atom is -0.374 e. The molecule has 0 bridgehead atoms. The summed E-state index contributed by atoms with van der Waals surface area (Å²) in [6.45, 7) is 5.59. The molecule has 0 spiro atoms. The quantitative estimate of drug-likeness (QED) is 0.766. The molecule has 1 aliphatic rings. The Kier molecular flexibility index (Phi) is 3.35. The third kappa shape index (κ3) is 2.36. The number of nitrogens with zero attached hydrogens (tertiary/aromatic N) is 1. The largest absolute Gasteiger partial charge is 0.374 e. The van der Waals surface area contributed by atoms with Crippen molar-refractivity contribution in [2.24, 2.45) is 5.92 Å². The Balaban J connectivity index is 2.06. The van der Waals surface area contributed by atoms with Crippen molar-refractivity contribution in [2.75, 3.05) is 13.6 Å². The highest BCUT2D eigenvalue weighted by atomic mass is 15.1. The Bertz CT molecular complexity index is 640. The lowest BCUT2D eigenvalue weighted by Gasteiger charge is -2.19. The zero-order valence-electron chi connectivity index (χ0n) is 12.4. The lowest BCUT2D eigenvalue weighted by molar-refractivity contribution is 0.467. The fourth-order valence-electron chi connectivity index (χ4n) is 2.98. The summed E-state index contributed by atoms with van der Waals surface area (Å²) in [7, 11) is 2.18. The molecule has 0 saturated heterocycles. The van der Waals surface area contributed by atoms with E-state index in [1.165, 1.54) is 28.0 Å². The molecule has 1 aliphatic heterocycles. The van der Waals surface area contributed by atoms with Gasteiger partial charge in [0.25, 0.3) is 0 Å². The highest BCUT2D eigenvalue weighted by molar-refractivity contribution is 5.74. The predicted molar refractivity (Wildman–Crippen MR) is 86.4 cm³/mol. The van der Waals surface area contributed by atoms with Gasteiger partial charge in [0, 0.05) is 24.9 Å². The van der Waals surface area contributed by atoms with Gasteiger partial charge in [-0.05, 0) is 35.6 Å². The molecule has 1 unspecified atom stereocenters. The second-order valence-electron chi connectivity index (χ2n) is 5.81. The summed E-state index contributed by atoms with van der Waals surface area (Å²) < 4.78 is 0. The van der Waals surface area contributed by atoms with Crippen LogP contribution in [0, 0.1) is 12.8 Å². The van der Waals surface area contributed by atoms with Gasteiger partial charge >= 0.3 is 0 Å². The third-order valence-electron chi connectivity index (χ3n) is 4.04. The molecule has 0 aromatic heterocycles. The van der Waals surface area contributed by atoms with Gasteiger partial charge in [-0.15, -0.1) is 0 Å². The van der Waals surface area contributed by atoms with Crippen molar-refractivity contribution in [3.8, 4) is 11.1 Å². The van der Waals surface area contributed by atoms with Crippen LogP contribution in [-0.2, 0) is 0 Å². The lowest BCUT2D eigenvalue weighted by Crippen LogP contribution is -2.15. The molecule has 1 heteroatoms. The molecule has 0 aliphatic carbocycles. The van der Waals surface area contributed by atoms with Crippen molar-refractivity contribution in [3.63, 3.8) is 0 Å². The Morgan fingerprint density at radius 3 is 2.40 bits per heavy atom. The van der Waals surface area contributed by atoms with Crippen LogP contribution in [0.5, 0.6) is 0 Å². The first kappa shape index (κ1) is 13.0. The highest BCUT2D eigenvalue weighted by Gasteiger charge is 2.19. The SMILES string of the molecule is Cc1ccc(-c2ccccc2)cc1C1=CC(C)CN1C. The average molecular weight is 263 g/mol. The standard InChI is InChI=1S/C19H21N/c1-14-11-19(20(3)13-14)18-12-17(10-9-15(18)2)16-7-5-4-6-8-16/h4-12,14H,13H2,1-3H3. The molecular formula is C19H21N. The van der Waals surface area contributed by atoms with E-state index in [4.69, 9.17) is 0 Å². The molecule has 1 heterocycles. The Hall–Kier alpha value is -2.02. The van der Waals surface area contributed by atoms with Gasteiger partial charge in [0.1, 0.15) is 0 Å². The van der Waals surface area contributed by atoms with Crippen molar-refractivity contribution >= 4 is 5.70 Å². The van der Waals surface area contributed by atoms with Crippen LogP contribution in [0.25, 0.3) is 16.8 Å². The van der Waals surface area contributed by atoms with Crippen LogP contribution in [0.15, 0.2) is 54.6 Å². The zero-order chi connectivity index (χ0) is 14.1. The Morgan fingerprint density at radius 1 is 1.00 bits per heavy atom. The summed E-state index contributed by atoms with van der Waals surface area (Å²) in [4.78, 5) is 2.36. The van der Waals surface area contributed by atoms with Gasteiger partial charge in [-0.2, -0.15) is 0 Å². The number of hydrogen-bond acceptors (Lipinski definition) is 1. The van der Waals surface area contributed by atoms with E-state index >= 15 is 0 Å². The van der Waals surface area contributed by atoms with Gasteiger partial charge in [0.15, 0.2) is 0 Å². The van der Waals surface area contributed by atoms with Crippen molar-refractivity contribution < 1.29 is 0 Å². The summed E-state index contributed by atoms with van der Waals surface area (Å²) in [5, 5.41) is 0. The Morgan fingerprint density at radius 2 is 1.75 bits per heavy atom. The molecule has 0 amide bonds. The van der Waals surface area contributed by atoms with Crippen LogP contribution in [0.1, 0.15) is 18.1 Å². The minimum atomic E-state index is 0.634. The first-order chi connectivity index (χ1) is 9.65. The number of benzene rings is 2. The van der Waals surface area contributed by atoms with Gasteiger partial charge in [0.05, 0.1) is 0 Å². The lowest BCUT2D eigenvalue weighted by atomic mass is 9.97. The summed E-state index contributed by atoms with van der Waals surface area (Å²) in [6, 6.07) is 17.4. The van der Waals surface area contributed by atoms with Crippen LogP contribution in [-0.4, -0.2) is 18.5 Å². The van der Waals surface area contributed by atoms with Crippen LogP contribution >= 0.6 is 0 Å². The fourth-order valence-corrected chi connectivity index (χ4v) is 2.98. The summed E-state index contributed by atoms with van der Waals surface area (Å²) in [5.41, 5.74) is 6.64. The molecule has 20 heavy (non-hydrogen) atoms. The fraction of sp³-hybridized carbons (Fsp3) is 0.263. The summed E-state index contributed by atoms with van der Waals surface area (Å²) in [6.07, 6.45) is 2.39. The van der Waals surface area contributed by atoms with Gasteiger partial charge in [-0.25, -0.2) is 0 Å². The summed E-state index contributed by atoms with van der Waals surface area (Å²) >= 11 is 0. The maximum absolute atomic E-state index is 2.39. The molecule has 0 N–H and O–H groups in total. The average Bonchev–Trinajstić information content (AvgIpc) is 2.79. The van der Waals surface area contributed by atoms with E-state index < -0.39 is 0 Å². The monoisotopic (exact) mass is 263 g/mol. The van der Waals surface area contributed by atoms with E-state index in [2.05, 4.69) is 80.4 Å². The van der Waals surface area contributed by atoms with Crippen LogP contribution in [0.2, 0.25) is 0 Å². The van der Waals surface area contributed by atoms with E-state index in [9.17, 15) is 0 Å². The Labute approximate surface area is 121 Å². The van der Waals surface area contributed by atoms with Crippen LogP contribution in [0.4, 0.5) is 0 Å². The van der Waals surface area contributed by atoms with Gasteiger partial charge in [-0.3, -0.25) is 0 Å². The predicted octanol–water partition coefficient (Wildman–Crippen LogP) is 4.58. The molecule has 0 fully saturated rings. The second kappa shape index (κ2) is 5.16. The number of hydrogen-bond donors (Lipinski definition) is 0. The van der Waals surface area contributed by atoms with E-state index in [0.717, 1.165) is 6.54 Å². The molecule has 0 saturated carbocycles. The van der Waals surface area contributed by atoms with E-state index in [1.54, 1.807) is 0 Å². The first-order valence-corrected chi connectivity index (χ1v) is 7.24.